The van der Waals surface area contributed by atoms with Gasteiger partial charge in [0, 0.05) is 35.9 Å². The molecule has 0 aromatic heterocycles. The van der Waals surface area contributed by atoms with Crippen LogP contribution < -0.4 is 0 Å². The molecule has 0 aliphatic rings. The molecule has 0 radical (unpaired) electrons. The Kier molecular flexibility index (Phi) is 5.87. The summed E-state index contributed by atoms with van der Waals surface area (Å²) < 4.78 is 10.6. The van der Waals surface area contributed by atoms with Crippen LogP contribution in [-0.2, 0) is 10.8 Å². The molecular formula is C6H15NO2S. The molecule has 1 N–H and O–H groups in total. The number of aliphatic hydroxyl groups is 1. The van der Waals surface area contributed by atoms with E-state index in [0.717, 1.165) is 6.54 Å². The summed E-state index contributed by atoms with van der Waals surface area (Å²) in [5.41, 5.74) is 0. The van der Waals surface area contributed by atoms with Crippen molar-refractivity contribution in [3.8, 4) is 0 Å². The van der Waals surface area contributed by atoms with Gasteiger partial charge in [0.2, 0.25) is 0 Å². The monoisotopic (exact) mass is 165 g/mol. The van der Waals surface area contributed by atoms with E-state index in [0.29, 0.717) is 12.3 Å². The van der Waals surface area contributed by atoms with Gasteiger partial charge in [-0.15, -0.1) is 0 Å². The second kappa shape index (κ2) is 5.82. The molecule has 0 aromatic rings. The van der Waals surface area contributed by atoms with Gasteiger partial charge in [0.05, 0.1) is 6.61 Å². The molecule has 0 fully saturated rings. The SMILES string of the molecule is CN(CCO)CCS(C)=O. The lowest BCUT2D eigenvalue weighted by atomic mass is 10.5. The lowest BCUT2D eigenvalue weighted by Gasteiger charge is -2.12. The first-order valence-electron chi connectivity index (χ1n) is 3.26. The zero-order valence-electron chi connectivity index (χ0n) is 6.54. The largest absolute Gasteiger partial charge is 0.395 e. The van der Waals surface area contributed by atoms with Gasteiger partial charge in [-0.3, -0.25) is 4.21 Å². The van der Waals surface area contributed by atoms with Crippen LogP contribution in [0.1, 0.15) is 0 Å². The van der Waals surface area contributed by atoms with Crippen LogP contribution in [0.15, 0.2) is 0 Å². The molecule has 0 aliphatic heterocycles. The predicted octanol–water partition coefficient (Wildman–Crippen LogP) is -0.711. The van der Waals surface area contributed by atoms with Crippen molar-refractivity contribution >= 4 is 10.8 Å². The summed E-state index contributed by atoms with van der Waals surface area (Å²) in [6, 6.07) is 0. The smallest absolute Gasteiger partial charge is 0.0558 e. The van der Waals surface area contributed by atoms with Crippen molar-refractivity contribution in [2.45, 2.75) is 0 Å². The summed E-state index contributed by atoms with van der Waals surface area (Å²) in [5, 5.41) is 8.48. The van der Waals surface area contributed by atoms with Crippen molar-refractivity contribution in [2.24, 2.45) is 0 Å². The molecule has 0 rings (SSSR count). The van der Waals surface area contributed by atoms with Crippen molar-refractivity contribution in [2.75, 3.05) is 38.8 Å². The number of likely N-dealkylation sites (N-methyl/N-ethyl adjacent to an activating group) is 1. The third-order valence-electron chi connectivity index (χ3n) is 1.24. The molecular weight excluding hydrogens is 150 g/mol. The van der Waals surface area contributed by atoms with E-state index >= 15 is 0 Å². The van der Waals surface area contributed by atoms with Crippen molar-refractivity contribution < 1.29 is 9.32 Å². The maximum absolute atomic E-state index is 10.6. The average molecular weight is 165 g/mol. The fourth-order valence-electron chi connectivity index (χ4n) is 0.567. The molecule has 0 aliphatic carbocycles. The Morgan fingerprint density at radius 2 is 2.10 bits per heavy atom. The Bertz CT molecular complexity index is 108. The van der Waals surface area contributed by atoms with Gasteiger partial charge in [-0.25, -0.2) is 0 Å². The first-order chi connectivity index (χ1) is 4.66. The molecule has 0 bridgehead atoms. The molecule has 0 saturated carbocycles. The van der Waals surface area contributed by atoms with E-state index in [1.807, 2.05) is 11.9 Å². The Labute approximate surface area is 64.5 Å². The number of hydrogen-bond acceptors (Lipinski definition) is 3. The second-order valence-electron chi connectivity index (χ2n) is 2.30. The third-order valence-corrected chi connectivity index (χ3v) is 2.00. The van der Waals surface area contributed by atoms with Crippen LogP contribution in [0.25, 0.3) is 0 Å². The number of aliphatic hydroxyl groups excluding tert-OH is 1. The number of nitrogens with zero attached hydrogens (tertiary/aromatic N) is 1. The maximum atomic E-state index is 10.6. The molecule has 1 atom stereocenters. The maximum Gasteiger partial charge on any atom is 0.0558 e. The first kappa shape index (κ1) is 10.1. The number of hydrogen-bond donors (Lipinski definition) is 1. The van der Waals surface area contributed by atoms with Gasteiger partial charge in [0.25, 0.3) is 0 Å². The Balaban J connectivity index is 3.21. The Hall–Kier alpha value is 0.0700. The van der Waals surface area contributed by atoms with Gasteiger partial charge in [-0.2, -0.15) is 0 Å². The highest BCUT2D eigenvalue weighted by Gasteiger charge is 1.97. The van der Waals surface area contributed by atoms with E-state index in [1.165, 1.54) is 0 Å². The van der Waals surface area contributed by atoms with Crippen LogP contribution in [0.5, 0.6) is 0 Å². The van der Waals surface area contributed by atoms with Crippen molar-refractivity contribution in [3.05, 3.63) is 0 Å². The van der Waals surface area contributed by atoms with Gasteiger partial charge in [0.1, 0.15) is 0 Å². The van der Waals surface area contributed by atoms with Crippen molar-refractivity contribution in [1.82, 2.24) is 4.90 Å². The van der Waals surface area contributed by atoms with Gasteiger partial charge in [0.15, 0.2) is 0 Å². The van der Waals surface area contributed by atoms with E-state index in [9.17, 15) is 4.21 Å². The van der Waals surface area contributed by atoms with Crippen LogP contribution in [0.2, 0.25) is 0 Å². The average Bonchev–Trinajstić information content (AvgIpc) is 1.85. The van der Waals surface area contributed by atoms with Crippen LogP contribution in [0.4, 0.5) is 0 Å². The minimum absolute atomic E-state index is 0.173. The van der Waals surface area contributed by atoms with Crippen molar-refractivity contribution in [3.63, 3.8) is 0 Å². The van der Waals surface area contributed by atoms with Crippen LogP contribution in [0.3, 0.4) is 0 Å². The molecule has 4 heteroatoms. The summed E-state index contributed by atoms with van der Waals surface area (Å²) in [6.45, 7) is 1.63. The van der Waals surface area contributed by atoms with Crippen LogP contribution >= 0.6 is 0 Å². The second-order valence-corrected chi connectivity index (χ2v) is 3.86. The van der Waals surface area contributed by atoms with Crippen LogP contribution in [-0.4, -0.2) is 53.0 Å². The molecule has 0 aromatic carbocycles. The van der Waals surface area contributed by atoms with E-state index in [-0.39, 0.29) is 6.61 Å². The normalized spacial score (nSPS) is 14.0. The third kappa shape index (κ3) is 6.19. The highest BCUT2D eigenvalue weighted by Crippen LogP contribution is 1.82. The standard InChI is InChI=1S/C6H15NO2S/c1-7(3-5-8)4-6-10(2)9/h8H,3-6H2,1-2H3. The first-order valence-corrected chi connectivity index (χ1v) is 4.99. The van der Waals surface area contributed by atoms with Crippen molar-refractivity contribution in [1.29, 1.82) is 0 Å². The molecule has 1 unspecified atom stereocenters. The molecule has 62 valence electrons. The fourth-order valence-corrected chi connectivity index (χ4v) is 1.14. The molecule has 0 spiro atoms. The van der Waals surface area contributed by atoms with Crippen LogP contribution in [0, 0.1) is 0 Å². The zero-order valence-corrected chi connectivity index (χ0v) is 7.36. The van der Waals surface area contributed by atoms with Gasteiger partial charge in [-0.1, -0.05) is 0 Å². The Morgan fingerprint density at radius 1 is 1.50 bits per heavy atom. The molecule has 10 heavy (non-hydrogen) atoms. The fraction of sp³-hybridized carbons (Fsp3) is 1.00. The number of rotatable bonds is 5. The lowest BCUT2D eigenvalue weighted by molar-refractivity contribution is 0.228. The molecule has 0 heterocycles. The minimum Gasteiger partial charge on any atom is -0.395 e. The zero-order chi connectivity index (χ0) is 7.98. The summed E-state index contributed by atoms with van der Waals surface area (Å²) in [7, 11) is 1.19. The van der Waals surface area contributed by atoms with E-state index in [4.69, 9.17) is 5.11 Å². The summed E-state index contributed by atoms with van der Waals surface area (Å²) in [6.07, 6.45) is 1.69. The highest BCUT2D eigenvalue weighted by atomic mass is 32.2. The topological polar surface area (TPSA) is 40.5 Å². The van der Waals surface area contributed by atoms with Gasteiger partial charge < -0.3 is 10.0 Å². The quantitative estimate of drug-likeness (QED) is 0.585. The molecule has 0 saturated heterocycles. The summed E-state index contributed by atoms with van der Waals surface area (Å²) in [4.78, 5) is 1.96. The van der Waals surface area contributed by atoms with Gasteiger partial charge in [-0.05, 0) is 7.05 Å². The van der Waals surface area contributed by atoms with E-state index < -0.39 is 10.8 Å². The predicted molar refractivity (Wildman–Crippen MR) is 43.5 cm³/mol. The molecule has 3 nitrogen and oxygen atoms in total. The Morgan fingerprint density at radius 3 is 2.50 bits per heavy atom. The van der Waals surface area contributed by atoms with E-state index in [1.54, 1.807) is 6.26 Å². The molecule has 0 amide bonds. The minimum atomic E-state index is -0.713. The lowest BCUT2D eigenvalue weighted by Crippen LogP contribution is -2.26. The summed E-state index contributed by atoms with van der Waals surface area (Å²) >= 11 is 0. The van der Waals surface area contributed by atoms with E-state index in [2.05, 4.69) is 0 Å². The van der Waals surface area contributed by atoms with Gasteiger partial charge >= 0.3 is 0 Å². The summed E-state index contributed by atoms with van der Waals surface area (Å²) in [5.74, 6) is 0.691. The highest BCUT2D eigenvalue weighted by molar-refractivity contribution is 7.84.